The molecule has 0 fully saturated rings. The number of hydrogen-bond donors (Lipinski definition) is 1. The van der Waals surface area contributed by atoms with Gasteiger partial charge in [-0.15, -0.1) is 0 Å². The first kappa shape index (κ1) is 14.2. The molecule has 1 aromatic heterocycles. The van der Waals surface area contributed by atoms with Gasteiger partial charge in [-0.05, 0) is 25.3 Å². The SMILES string of the molecule is CCc1cc(CNC(C)C(CC)CC)n(C)n1. The van der Waals surface area contributed by atoms with Crippen molar-refractivity contribution >= 4 is 0 Å². The van der Waals surface area contributed by atoms with Gasteiger partial charge in [0, 0.05) is 19.6 Å². The number of rotatable bonds is 7. The Balaban J connectivity index is 2.51. The van der Waals surface area contributed by atoms with Gasteiger partial charge in [-0.2, -0.15) is 5.10 Å². The summed E-state index contributed by atoms with van der Waals surface area (Å²) in [5.41, 5.74) is 2.46. The minimum Gasteiger partial charge on any atom is -0.308 e. The molecular weight excluding hydrogens is 210 g/mol. The lowest BCUT2D eigenvalue weighted by Crippen LogP contribution is -2.33. The van der Waals surface area contributed by atoms with Crippen molar-refractivity contribution in [3.63, 3.8) is 0 Å². The van der Waals surface area contributed by atoms with E-state index < -0.39 is 0 Å². The second kappa shape index (κ2) is 6.80. The van der Waals surface area contributed by atoms with Crippen molar-refractivity contribution in [2.45, 2.75) is 59.5 Å². The molecule has 0 spiro atoms. The summed E-state index contributed by atoms with van der Waals surface area (Å²) in [5.74, 6) is 0.772. The Morgan fingerprint density at radius 2 is 1.94 bits per heavy atom. The molecule has 98 valence electrons. The molecule has 0 radical (unpaired) electrons. The van der Waals surface area contributed by atoms with Crippen LogP contribution in [0, 0.1) is 5.92 Å². The summed E-state index contributed by atoms with van der Waals surface area (Å²) in [7, 11) is 2.03. The summed E-state index contributed by atoms with van der Waals surface area (Å²) >= 11 is 0. The van der Waals surface area contributed by atoms with Crippen molar-refractivity contribution in [3.05, 3.63) is 17.5 Å². The molecule has 1 atom stereocenters. The normalized spacial score (nSPS) is 13.3. The average molecular weight is 237 g/mol. The van der Waals surface area contributed by atoms with Gasteiger partial charge in [-0.25, -0.2) is 0 Å². The van der Waals surface area contributed by atoms with Crippen LogP contribution in [0.15, 0.2) is 6.07 Å². The van der Waals surface area contributed by atoms with Gasteiger partial charge in [-0.3, -0.25) is 4.68 Å². The van der Waals surface area contributed by atoms with E-state index in [1.54, 1.807) is 0 Å². The largest absolute Gasteiger partial charge is 0.308 e. The van der Waals surface area contributed by atoms with E-state index in [4.69, 9.17) is 0 Å². The van der Waals surface area contributed by atoms with Crippen LogP contribution in [-0.2, 0) is 20.0 Å². The highest BCUT2D eigenvalue weighted by Crippen LogP contribution is 2.13. The highest BCUT2D eigenvalue weighted by Gasteiger charge is 2.13. The van der Waals surface area contributed by atoms with Crippen molar-refractivity contribution in [3.8, 4) is 0 Å². The fourth-order valence-corrected chi connectivity index (χ4v) is 2.34. The van der Waals surface area contributed by atoms with Crippen LogP contribution in [0.3, 0.4) is 0 Å². The lowest BCUT2D eigenvalue weighted by Gasteiger charge is -2.22. The monoisotopic (exact) mass is 237 g/mol. The van der Waals surface area contributed by atoms with Gasteiger partial charge in [0.15, 0.2) is 0 Å². The molecule has 1 rings (SSSR count). The molecule has 0 aliphatic rings. The topological polar surface area (TPSA) is 29.9 Å². The van der Waals surface area contributed by atoms with E-state index in [1.807, 2.05) is 11.7 Å². The Bertz CT molecular complexity index is 326. The van der Waals surface area contributed by atoms with E-state index in [0.29, 0.717) is 6.04 Å². The third-order valence-corrected chi connectivity index (χ3v) is 3.75. The molecule has 3 heteroatoms. The number of aryl methyl sites for hydroxylation is 2. The van der Waals surface area contributed by atoms with Gasteiger partial charge in [0.05, 0.1) is 11.4 Å². The van der Waals surface area contributed by atoms with Crippen molar-refractivity contribution in [2.24, 2.45) is 13.0 Å². The second-order valence-electron chi connectivity index (χ2n) is 4.85. The fourth-order valence-electron chi connectivity index (χ4n) is 2.34. The van der Waals surface area contributed by atoms with Crippen molar-refractivity contribution < 1.29 is 0 Å². The van der Waals surface area contributed by atoms with E-state index >= 15 is 0 Å². The van der Waals surface area contributed by atoms with E-state index in [1.165, 1.54) is 24.2 Å². The van der Waals surface area contributed by atoms with Crippen LogP contribution < -0.4 is 5.32 Å². The highest BCUT2D eigenvalue weighted by molar-refractivity contribution is 5.10. The third-order valence-electron chi connectivity index (χ3n) is 3.75. The molecule has 0 amide bonds. The Hall–Kier alpha value is -0.830. The van der Waals surface area contributed by atoms with Crippen LogP contribution >= 0.6 is 0 Å². The van der Waals surface area contributed by atoms with Crippen LogP contribution in [-0.4, -0.2) is 15.8 Å². The lowest BCUT2D eigenvalue weighted by molar-refractivity contribution is 0.350. The first-order valence-corrected chi connectivity index (χ1v) is 6.87. The molecule has 1 N–H and O–H groups in total. The molecular formula is C14H27N3. The molecule has 0 saturated carbocycles. The van der Waals surface area contributed by atoms with Crippen LogP contribution in [0.1, 0.15) is 51.9 Å². The zero-order chi connectivity index (χ0) is 12.8. The van der Waals surface area contributed by atoms with Crippen molar-refractivity contribution in [2.75, 3.05) is 0 Å². The summed E-state index contributed by atoms with van der Waals surface area (Å²) in [6, 6.07) is 2.78. The molecule has 1 unspecified atom stereocenters. The zero-order valence-electron chi connectivity index (χ0n) is 12.0. The lowest BCUT2D eigenvalue weighted by atomic mass is 9.95. The maximum absolute atomic E-state index is 4.47. The summed E-state index contributed by atoms with van der Waals surface area (Å²) in [6.45, 7) is 9.89. The third kappa shape index (κ3) is 3.84. The second-order valence-corrected chi connectivity index (χ2v) is 4.85. The highest BCUT2D eigenvalue weighted by atomic mass is 15.3. The fraction of sp³-hybridized carbons (Fsp3) is 0.786. The minimum atomic E-state index is 0.574. The maximum Gasteiger partial charge on any atom is 0.0625 e. The number of aromatic nitrogens is 2. The van der Waals surface area contributed by atoms with Gasteiger partial charge in [0.1, 0.15) is 0 Å². The summed E-state index contributed by atoms with van der Waals surface area (Å²) in [6.07, 6.45) is 3.50. The molecule has 17 heavy (non-hydrogen) atoms. The number of nitrogens with zero attached hydrogens (tertiary/aromatic N) is 2. The Morgan fingerprint density at radius 1 is 1.29 bits per heavy atom. The first-order chi connectivity index (χ1) is 8.12. The molecule has 1 heterocycles. The molecule has 0 aliphatic carbocycles. The van der Waals surface area contributed by atoms with Gasteiger partial charge < -0.3 is 5.32 Å². The summed E-state index contributed by atoms with van der Waals surface area (Å²) < 4.78 is 1.99. The average Bonchev–Trinajstić information content (AvgIpc) is 2.69. The predicted molar refractivity (Wildman–Crippen MR) is 73.0 cm³/mol. The summed E-state index contributed by atoms with van der Waals surface area (Å²) in [4.78, 5) is 0. The molecule has 3 nitrogen and oxygen atoms in total. The molecule has 0 aromatic carbocycles. The molecule has 0 saturated heterocycles. The van der Waals surface area contributed by atoms with Crippen molar-refractivity contribution in [1.29, 1.82) is 0 Å². The molecule has 1 aromatic rings. The van der Waals surface area contributed by atoms with Crippen LogP contribution in [0.2, 0.25) is 0 Å². The standard InChI is InChI=1S/C14H27N3/c1-6-12(7-2)11(4)15-10-14-9-13(8-3)16-17(14)5/h9,11-12,15H,6-8,10H2,1-5H3. The van der Waals surface area contributed by atoms with Crippen molar-refractivity contribution in [1.82, 2.24) is 15.1 Å². The Morgan fingerprint density at radius 3 is 2.41 bits per heavy atom. The molecule has 0 bridgehead atoms. The van der Waals surface area contributed by atoms with Gasteiger partial charge in [0.25, 0.3) is 0 Å². The Kier molecular flexibility index (Phi) is 5.69. The van der Waals surface area contributed by atoms with Gasteiger partial charge in [0.2, 0.25) is 0 Å². The molecule has 0 aliphatic heterocycles. The minimum absolute atomic E-state index is 0.574. The van der Waals surface area contributed by atoms with E-state index in [9.17, 15) is 0 Å². The van der Waals surface area contributed by atoms with E-state index in [2.05, 4.69) is 44.2 Å². The quantitative estimate of drug-likeness (QED) is 0.790. The van der Waals surface area contributed by atoms with Crippen LogP contribution in [0.25, 0.3) is 0 Å². The smallest absolute Gasteiger partial charge is 0.0625 e. The first-order valence-electron chi connectivity index (χ1n) is 6.87. The zero-order valence-corrected chi connectivity index (χ0v) is 12.0. The van der Waals surface area contributed by atoms with E-state index in [-0.39, 0.29) is 0 Å². The predicted octanol–water partition coefficient (Wildman–Crippen LogP) is 2.90. The Labute approximate surface area is 106 Å². The van der Waals surface area contributed by atoms with E-state index in [0.717, 1.165) is 18.9 Å². The number of hydrogen-bond acceptors (Lipinski definition) is 2. The van der Waals surface area contributed by atoms with Crippen LogP contribution in [0.5, 0.6) is 0 Å². The maximum atomic E-state index is 4.47. The summed E-state index contributed by atoms with van der Waals surface area (Å²) in [5, 5.41) is 8.09. The van der Waals surface area contributed by atoms with Gasteiger partial charge >= 0.3 is 0 Å². The number of nitrogens with one attached hydrogen (secondary N) is 1. The van der Waals surface area contributed by atoms with Gasteiger partial charge in [-0.1, -0.05) is 33.6 Å². The van der Waals surface area contributed by atoms with Crippen LogP contribution in [0.4, 0.5) is 0 Å².